The number of amides is 1. The van der Waals surface area contributed by atoms with Crippen LogP contribution in [0.1, 0.15) is 38.7 Å². The van der Waals surface area contributed by atoms with Gasteiger partial charge in [0, 0.05) is 18.0 Å². The van der Waals surface area contributed by atoms with Gasteiger partial charge in [-0.25, -0.2) is 4.79 Å². The van der Waals surface area contributed by atoms with Gasteiger partial charge in [0.1, 0.15) is 5.60 Å². The molecule has 2 atom stereocenters. The van der Waals surface area contributed by atoms with Crippen LogP contribution in [-0.4, -0.2) is 32.0 Å². The van der Waals surface area contributed by atoms with Gasteiger partial charge < -0.3 is 19.9 Å². The normalized spacial score (nSPS) is 20.3. The molecule has 0 aromatic heterocycles. The standard InChI is InChI=1S/C16H24N2O4/c1-16(2,3)22-15(19)18-12-8-14(21-5)13(20-4)7-10(12)9-6-11(9)17/h7-9,11H,6,17H2,1-5H3,(H,18,19). The third kappa shape index (κ3) is 3.82. The van der Waals surface area contributed by atoms with Crippen LogP contribution in [0, 0.1) is 0 Å². The second kappa shape index (κ2) is 6.04. The highest BCUT2D eigenvalue weighted by molar-refractivity contribution is 5.87. The first-order valence-electron chi connectivity index (χ1n) is 7.26. The topological polar surface area (TPSA) is 82.8 Å². The molecule has 1 aromatic carbocycles. The molecular formula is C16H24N2O4. The minimum absolute atomic E-state index is 0.109. The maximum Gasteiger partial charge on any atom is 0.412 e. The molecule has 122 valence electrons. The molecule has 0 aliphatic heterocycles. The number of ether oxygens (including phenoxy) is 3. The largest absolute Gasteiger partial charge is 0.493 e. The van der Waals surface area contributed by atoms with Crippen molar-refractivity contribution in [3.63, 3.8) is 0 Å². The fourth-order valence-electron chi connectivity index (χ4n) is 2.30. The molecule has 1 aliphatic carbocycles. The van der Waals surface area contributed by atoms with Crippen LogP contribution >= 0.6 is 0 Å². The van der Waals surface area contributed by atoms with Gasteiger partial charge in [0.2, 0.25) is 0 Å². The van der Waals surface area contributed by atoms with Gasteiger partial charge >= 0.3 is 6.09 Å². The first-order valence-corrected chi connectivity index (χ1v) is 7.26. The second-order valence-corrected chi connectivity index (χ2v) is 6.43. The van der Waals surface area contributed by atoms with Crippen molar-refractivity contribution in [2.75, 3.05) is 19.5 Å². The summed E-state index contributed by atoms with van der Waals surface area (Å²) >= 11 is 0. The van der Waals surface area contributed by atoms with Gasteiger partial charge in [-0.05, 0) is 38.8 Å². The average Bonchev–Trinajstić information content (AvgIpc) is 3.12. The summed E-state index contributed by atoms with van der Waals surface area (Å²) in [5.41, 5.74) is 6.97. The number of carbonyl (C=O) groups excluding carboxylic acids is 1. The summed E-state index contributed by atoms with van der Waals surface area (Å²) < 4.78 is 15.9. The average molecular weight is 308 g/mol. The molecule has 1 fully saturated rings. The summed E-state index contributed by atoms with van der Waals surface area (Å²) in [5.74, 6) is 1.38. The summed E-state index contributed by atoms with van der Waals surface area (Å²) in [6, 6.07) is 3.71. The van der Waals surface area contributed by atoms with E-state index in [9.17, 15) is 4.79 Å². The first-order chi connectivity index (χ1) is 10.2. The zero-order chi connectivity index (χ0) is 16.5. The smallest absolute Gasteiger partial charge is 0.412 e. The van der Waals surface area contributed by atoms with Crippen LogP contribution in [0.3, 0.4) is 0 Å². The minimum atomic E-state index is -0.559. The third-order valence-corrected chi connectivity index (χ3v) is 3.43. The molecular weight excluding hydrogens is 284 g/mol. The van der Waals surface area contributed by atoms with E-state index in [1.165, 1.54) is 0 Å². The van der Waals surface area contributed by atoms with Crippen molar-refractivity contribution in [3.05, 3.63) is 17.7 Å². The van der Waals surface area contributed by atoms with Crippen molar-refractivity contribution in [1.29, 1.82) is 0 Å². The van der Waals surface area contributed by atoms with Crippen molar-refractivity contribution in [1.82, 2.24) is 0 Å². The van der Waals surface area contributed by atoms with Crippen molar-refractivity contribution < 1.29 is 19.0 Å². The molecule has 3 N–H and O–H groups in total. The predicted molar refractivity (Wildman–Crippen MR) is 84.7 cm³/mol. The summed E-state index contributed by atoms with van der Waals surface area (Å²) in [4.78, 5) is 12.0. The Bertz CT molecular complexity index is 566. The molecule has 1 aromatic rings. The van der Waals surface area contributed by atoms with Gasteiger partial charge in [-0.3, -0.25) is 5.32 Å². The summed E-state index contributed by atoms with van der Waals surface area (Å²) in [5, 5.41) is 2.78. The Morgan fingerprint density at radius 1 is 1.23 bits per heavy atom. The first kappa shape index (κ1) is 16.4. The minimum Gasteiger partial charge on any atom is -0.493 e. The number of nitrogens with two attached hydrogens (primary N) is 1. The fourth-order valence-corrected chi connectivity index (χ4v) is 2.30. The molecule has 2 unspecified atom stereocenters. The van der Waals surface area contributed by atoms with E-state index >= 15 is 0 Å². The van der Waals surface area contributed by atoms with Crippen LogP contribution in [0.15, 0.2) is 12.1 Å². The SMILES string of the molecule is COc1cc(NC(=O)OC(C)(C)C)c(C2CC2N)cc1OC. The lowest BCUT2D eigenvalue weighted by molar-refractivity contribution is 0.0635. The maximum atomic E-state index is 12.0. The van der Waals surface area contributed by atoms with E-state index in [-0.39, 0.29) is 12.0 Å². The van der Waals surface area contributed by atoms with E-state index in [0.717, 1.165) is 12.0 Å². The number of carbonyl (C=O) groups is 1. The van der Waals surface area contributed by atoms with Crippen molar-refractivity contribution in [3.8, 4) is 11.5 Å². The Balaban J connectivity index is 2.30. The predicted octanol–water partition coefficient (Wildman–Crippen LogP) is 2.87. The highest BCUT2D eigenvalue weighted by atomic mass is 16.6. The van der Waals surface area contributed by atoms with E-state index in [0.29, 0.717) is 17.2 Å². The number of benzene rings is 1. The van der Waals surface area contributed by atoms with Crippen LogP contribution in [0.25, 0.3) is 0 Å². The van der Waals surface area contributed by atoms with Crippen LogP contribution in [-0.2, 0) is 4.74 Å². The van der Waals surface area contributed by atoms with Crippen molar-refractivity contribution in [2.45, 2.75) is 44.8 Å². The zero-order valence-electron chi connectivity index (χ0n) is 13.7. The number of anilines is 1. The fraction of sp³-hybridized carbons (Fsp3) is 0.562. The lowest BCUT2D eigenvalue weighted by Gasteiger charge is -2.21. The van der Waals surface area contributed by atoms with Gasteiger partial charge in [-0.1, -0.05) is 0 Å². The molecule has 2 rings (SSSR count). The highest BCUT2D eigenvalue weighted by Crippen LogP contribution is 2.46. The molecule has 0 spiro atoms. The molecule has 6 heteroatoms. The lowest BCUT2D eigenvalue weighted by atomic mass is 10.1. The number of methoxy groups -OCH3 is 2. The molecule has 22 heavy (non-hydrogen) atoms. The van der Waals surface area contributed by atoms with Crippen LogP contribution in [0.4, 0.5) is 10.5 Å². The quantitative estimate of drug-likeness (QED) is 0.893. The molecule has 1 amide bonds. The number of rotatable bonds is 4. The van der Waals surface area contributed by atoms with Crippen LogP contribution in [0.2, 0.25) is 0 Å². The van der Waals surface area contributed by atoms with Gasteiger partial charge in [0.05, 0.1) is 19.9 Å². The van der Waals surface area contributed by atoms with Gasteiger partial charge in [0.15, 0.2) is 11.5 Å². The Kier molecular flexibility index (Phi) is 4.51. The Labute approximate surface area is 130 Å². The summed E-state index contributed by atoms with van der Waals surface area (Å²) in [7, 11) is 3.13. The lowest BCUT2D eigenvalue weighted by Crippen LogP contribution is -2.27. The maximum absolute atomic E-state index is 12.0. The monoisotopic (exact) mass is 308 g/mol. The summed E-state index contributed by atoms with van der Waals surface area (Å²) in [6.07, 6.45) is 0.383. The Hall–Kier alpha value is -1.95. The summed E-state index contributed by atoms with van der Waals surface area (Å²) in [6.45, 7) is 5.46. The zero-order valence-corrected chi connectivity index (χ0v) is 13.7. The number of hydrogen-bond donors (Lipinski definition) is 2. The van der Waals surface area contributed by atoms with E-state index in [4.69, 9.17) is 19.9 Å². The molecule has 0 radical (unpaired) electrons. The third-order valence-electron chi connectivity index (χ3n) is 3.43. The van der Waals surface area contributed by atoms with Crippen LogP contribution in [0.5, 0.6) is 11.5 Å². The molecule has 6 nitrogen and oxygen atoms in total. The van der Waals surface area contributed by atoms with E-state index in [1.54, 1.807) is 20.3 Å². The molecule has 0 bridgehead atoms. The molecule has 1 aliphatic rings. The van der Waals surface area contributed by atoms with E-state index < -0.39 is 11.7 Å². The molecule has 0 heterocycles. The number of nitrogens with one attached hydrogen (secondary N) is 1. The van der Waals surface area contributed by atoms with Crippen molar-refractivity contribution >= 4 is 11.8 Å². The second-order valence-electron chi connectivity index (χ2n) is 6.43. The number of hydrogen-bond acceptors (Lipinski definition) is 5. The van der Waals surface area contributed by atoms with Gasteiger partial charge in [-0.15, -0.1) is 0 Å². The van der Waals surface area contributed by atoms with Gasteiger partial charge in [-0.2, -0.15) is 0 Å². The van der Waals surface area contributed by atoms with E-state index in [2.05, 4.69) is 5.32 Å². The van der Waals surface area contributed by atoms with Crippen LogP contribution < -0.4 is 20.5 Å². The Morgan fingerprint density at radius 2 is 1.77 bits per heavy atom. The van der Waals surface area contributed by atoms with Crippen molar-refractivity contribution in [2.24, 2.45) is 5.73 Å². The molecule has 0 saturated heterocycles. The highest BCUT2D eigenvalue weighted by Gasteiger charge is 2.37. The van der Waals surface area contributed by atoms with Gasteiger partial charge in [0.25, 0.3) is 0 Å². The Morgan fingerprint density at radius 3 is 2.23 bits per heavy atom. The molecule has 1 saturated carbocycles. The van der Waals surface area contributed by atoms with E-state index in [1.807, 2.05) is 26.8 Å².